The molecule has 2 amide bonds. The second-order valence-corrected chi connectivity index (χ2v) is 6.86. The van der Waals surface area contributed by atoms with E-state index in [4.69, 9.17) is 11.6 Å². The molecule has 6 nitrogen and oxygen atoms in total. The van der Waals surface area contributed by atoms with E-state index in [9.17, 15) is 14.0 Å². The van der Waals surface area contributed by atoms with Gasteiger partial charge in [0, 0.05) is 56.9 Å². The number of likely N-dealkylation sites (N-methyl/N-ethyl adjacent to an activating group) is 2. The molecule has 2 rings (SSSR count). The second kappa shape index (κ2) is 9.85. The summed E-state index contributed by atoms with van der Waals surface area (Å²) >= 11 is 6.02. The molecule has 0 atom stereocenters. The number of piperazine rings is 1. The number of amides is 2. The fourth-order valence-electron chi connectivity index (χ4n) is 2.88. The number of nitrogens with one attached hydrogen (secondary N) is 1. The number of hydrogen-bond donors (Lipinski definition) is 1. The van der Waals surface area contributed by atoms with Gasteiger partial charge in [-0.05, 0) is 19.1 Å². The van der Waals surface area contributed by atoms with Crippen molar-refractivity contribution in [3.63, 3.8) is 0 Å². The van der Waals surface area contributed by atoms with Gasteiger partial charge in [0.1, 0.15) is 5.82 Å². The lowest BCUT2D eigenvalue weighted by Gasteiger charge is -2.34. The van der Waals surface area contributed by atoms with Crippen LogP contribution in [0.4, 0.5) is 4.39 Å². The van der Waals surface area contributed by atoms with Gasteiger partial charge in [0.15, 0.2) is 0 Å². The largest absolute Gasteiger partial charge is 0.355 e. The molecule has 8 heteroatoms. The third-order valence-corrected chi connectivity index (χ3v) is 4.80. The molecule has 26 heavy (non-hydrogen) atoms. The van der Waals surface area contributed by atoms with E-state index in [1.54, 1.807) is 19.2 Å². The molecular formula is C18H26ClFN4O2. The molecule has 1 aromatic rings. The molecule has 1 aromatic carbocycles. The fourth-order valence-corrected chi connectivity index (χ4v) is 3.11. The summed E-state index contributed by atoms with van der Waals surface area (Å²) in [6.07, 6.45) is 0. The summed E-state index contributed by atoms with van der Waals surface area (Å²) in [5, 5.41) is 3.11. The summed E-state index contributed by atoms with van der Waals surface area (Å²) in [7, 11) is 1.65. The van der Waals surface area contributed by atoms with Crippen molar-refractivity contribution in [2.75, 3.05) is 52.9 Å². The average molecular weight is 385 g/mol. The minimum atomic E-state index is -0.406. The van der Waals surface area contributed by atoms with Crippen LogP contribution >= 0.6 is 11.6 Å². The van der Waals surface area contributed by atoms with E-state index in [1.807, 2.05) is 6.92 Å². The Balaban J connectivity index is 1.79. The lowest BCUT2D eigenvalue weighted by atomic mass is 10.2. The lowest BCUT2D eigenvalue weighted by Crippen LogP contribution is -2.51. The first-order chi connectivity index (χ1) is 12.4. The van der Waals surface area contributed by atoms with Gasteiger partial charge < -0.3 is 10.2 Å². The summed E-state index contributed by atoms with van der Waals surface area (Å²) in [5.74, 6) is -0.462. The van der Waals surface area contributed by atoms with Crippen LogP contribution in [0.2, 0.25) is 5.02 Å². The Morgan fingerprint density at radius 2 is 1.81 bits per heavy atom. The Morgan fingerprint density at radius 3 is 2.38 bits per heavy atom. The first kappa shape index (κ1) is 20.6. The highest BCUT2D eigenvalue weighted by Crippen LogP contribution is 2.20. The van der Waals surface area contributed by atoms with E-state index in [0.717, 1.165) is 26.2 Å². The van der Waals surface area contributed by atoms with Crippen molar-refractivity contribution in [3.05, 3.63) is 34.6 Å². The highest BCUT2D eigenvalue weighted by atomic mass is 35.5. The number of benzene rings is 1. The molecule has 144 valence electrons. The third kappa shape index (κ3) is 5.93. The zero-order chi connectivity index (χ0) is 19.1. The van der Waals surface area contributed by atoms with Crippen molar-refractivity contribution in [2.45, 2.75) is 13.5 Å². The SMILES string of the molecule is CCNC(=O)CN1CCN(CC(=O)N(C)Cc2c(F)cccc2Cl)CC1. The van der Waals surface area contributed by atoms with Gasteiger partial charge >= 0.3 is 0 Å². The molecule has 0 radical (unpaired) electrons. The highest BCUT2D eigenvalue weighted by molar-refractivity contribution is 6.31. The van der Waals surface area contributed by atoms with Gasteiger partial charge in [0.25, 0.3) is 0 Å². The molecule has 1 fully saturated rings. The topological polar surface area (TPSA) is 55.9 Å². The first-order valence-electron chi connectivity index (χ1n) is 8.79. The Kier molecular flexibility index (Phi) is 7.81. The van der Waals surface area contributed by atoms with Crippen molar-refractivity contribution >= 4 is 23.4 Å². The van der Waals surface area contributed by atoms with Crippen LogP contribution in [0.15, 0.2) is 18.2 Å². The van der Waals surface area contributed by atoms with Crippen LogP contribution in [0, 0.1) is 5.82 Å². The molecule has 0 aromatic heterocycles. The Morgan fingerprint density at radius 1 is 1.19 bits per heavy atom. The van der Waals surface area contributed by atoms with E-state index in [0.29, 0.717) is 23.7 Å². The molecule has 1 N–H and O–H groups in total. The maximum absolute atomic E-state index is 13.9. The zero-order valence-corrected chi connectivity index (χ0v) is 16.1. The van der Waals surface area contributed by atoms with Gasteiger partial charge in [-0.15, -0.1) is 0 Å². The van der Waals surface area contributed by atoms with Gasteiger partial charge in [-0.3, -0.25) is 19.4 Å². The third-order valence-electron chi connectivity index (χ3n) is 4.45. The van der Waals surface area contributed by atoms with Crippen LogP contribution < -0.4 is 5.32 Å². The molecule has 0 aliphatic carbocycles. The van der Waals surface area contributed by atoms with E-state index in [-0.39, 0.29) is 24.9 Å². The summed E-state index contributed by atoms with van der Waals surface area (Å²) in [4.78, 5) is 29.7. The minimum absolute atomic E-state index is 0.0264. The van der Waals surface area contributed by atoms with Crippen molar-refractivity contribution in [1.29, 1.82) is 0 Å². The lowest BCUT2D eigenvalue weighted by molar-refractivity contribution is -0.132. The van der Waals surface area contributed by atoms with Crippen LogP contribution in [0.3, 0.4) is 0 Å². The van der Waals surface area contributed by atoms with Crippen molar-refractivity contribution in [3.8, 4) is 0 Å². The number of halogens is 2. The quantitative estimate of drug-likeness (QED) is 0.767. The van der Waals surface area contributed by atoms with Crippen LogP contribution in [-0.4, -0.2) is 79.4 Å². The molecule has 0 bridgehead atoms. The number of hydrogen-bond acceptors (Lipinski definition) is 4. The maximum atomic E-state index is 13.9. The smallest absolute Gasteiger partial charge is 0.236 e. The summed E-state index contributed by atoms with van der Waals surface area (Å²) in [5.41, 5.74) is 0.330. The molecule has 0 unspecified atom stereocenters. The van der Waals surface area contributed by atoms with Gasteiger partial charge in [-0.2, -0.15) is 0 Å². The van der Waals surface area contributed by atoms with E-state index in [1.165, 1.54) is 11.0 Å². The predicted octanol–water partition coefficient (Wildman–Crippen LogP) is 1.19. The molecule has 1 aliphatic rings. The van der Waals surface area contributed by atoms with Gasteiger partial charge in [0.2, 0.25) is 11.8 Å². The van der Waals surface area contributed by atoms with E-state index >= 15 is 0 Å². The maximum Gasteiger partial charge on any atom is 0.236 e. The number of nitrogens with zero attached hydrogens (tertiary/aromatic N) is 3. The fraction of sp³-hybridized carbons (Fsp3) is 0.556. The van der Waals surface area contributed by atoms with E-state index < -0.39 is 5.82 Å². The number of carbonyl (C=O) groups is 2. The minimum Gasteiger partial charge on any atom is -0.355 e. The zero-order valence-electron chi connectivity index (χ0n) is 15.3. The van der Waals surface area contributed by atoms with Crippen molar-refractivity contribution in [2.24, 2.45) is 0 Å². The highest BCUT2D eigenvalue weighted by Gasteiger charge is 2.22. The average Bonchev–Trinajstić information content (AvgIpc) is 2.60. The summed E-state index contributed by atoms with van der Waals surface area (Å²) in [6.45, 7) is 6.26. The van der Waals surface area contributed by atoms with Crippen LogP contribution in [0.5, 0.6) is 0 Å². The normalized spacial score (nSPS) is 15.7. The Bertz CT molecular complexity index is 615. The van der Waals surface area contributed by atoms with Crippen LogP contribution in [0.1, 0.15) is 12.5 Å². The predicted molar refractivity (Wildman–Crippen MR) is 99.4 cm³/mol. The molecule has 1 heterocycles. The standard InChI is InChI=1S/C18H26ClFN4O2/c1-3-21-17(25)12-23-7-9-24(10-8-23)13-18(26)22(2)11-14-15(19)5-4-6-16(14)20/h4-6H,3,7-13H2,1-2H3,(H,21,25). The Labute approximate surface area is 158 Å². The van der Waals surface area contributed by atoms with Crippen molar-refractivity contribution in [1.82, 2.24) is 20.0 Å². The number of rotatable bonds is 7. The molecule has 0 saturated carbocycles. The second-order valence-electron chi connectivity index (χ2n) is 6.46. The van der Waals surface area contributed by atoms with E-state index in [2.05, 4.69) is 15.1 Å². The summed E-state index contributed by atoms with van der Waals surface area (Å²) < 4.78 is 13.9. The van der Waals surface area contributed by atoms with Crippen LogP contribution in [-0.2, 0) is 16.1 Å². The molecule has 0 spiro atoms. The Hall–Kier alpha value is -1.70. The van der Waals surface area contributed by atoms with Crippen LogP contribution in [0.25, 0.3) is 0 Å². The van der Waals surface area contributed by atoms with Crippen molar-refractivity contribution < 1.29 is 14.0 Å². The molecular weight excluding hydrogens is 359 g/mol. The van der Waals surface area contributed by atoms with Gasteiger partial charge in [-0.1, -0.05) is 17.7 Å². The molecule has 1 aliphatic heterocycles. The van der Waals surface area contributed by atoms with Gasteiger partial charge in [0.05, 0.1) is 13.1 Å². The number of carbonyl (C=O) groups excluding carboxylic acids is 2. The monoisotopic (exact) mass is 384 g/mol. The summed E-state index contributed by atoms with van der Waals surface area (Å²) in [6, 6.07) is 4.50. The first-order valence-corrected chi connectivity index (χ1v) is 9.16. The van der Waals surface area contributed by atoms with Gasteiger partial charge in [-0.25, -0.2) is 4.39 Å². The molecule has 1 saturated heterocycles.